The van der Waals surface area contributed by atoms with Gasteiger partial charge in [0.15, 0.2) is 5.96 Å². The number of fused-ring (bicyclic) bond motifs is 1. The Balaban J connectivity index is 0.00000300. The molecule has 0 bridgehead atoms. The van der Waals surface area contributed by atoms with Crippen molar-refractivity contribution in [1.82, 2.24) is 20.6 Å². The van der Waals surface area contributed by atoms with Crippen LogP contribution in [0.25, 0.3) is 11.0 Å². The molecule has 0 spiro atoms. The molecule has 2 aromatic rings. The number of hydrogen-bond donors (Lipinski definition) is 3. The first-order chi connectivity index (χ1) is 13.8. The van der Waals surface area contributed by atoms with Crippen LogP contribution in [0.1, 0.15) is 32.0 Å². The van der Waals surface area contributed by atoms with E-state index < -0.39 is 0 Å². The number of aromatic amines is 1. The van der Waals surface area contributed by atoms with Gasteiger partial charge in [-0.2, -0.15) is 0 Å². The van der Waals surface area contributed by atoms with E-state index in [9.17, 15) is 0 Å². The van der Waals surface area contributed by atoms with Gasteiger partial charge in [0, 0.05) is 45.2 Å². The Morgan fingerprint density at radius 3 is 3.00 bits per heavy atom. The topological polar surface area (TPSA) is 83.6 Å². The first-order valence-corrected chi connectivity index (χ1v) is 10.5. The van der Waals surface area contributed by atoms with Crippen molar-refractivity contribution >= 4 is 41.0 Å². The second-order valence-electron chi connectivity index (χ2n) is 7.15. The molecular weight excluding hydrogens is 481 g/mol. The summed E-state index contributed by atoms with van der Waals surface area (Å²) in [5.41, 5.74) is 2.12. The van der Waals surface area contributed by atoms with Crippen LogP contribution in [0, 0.1) is 5.92 Å². The Bertz CT molecular complexity index is 698. The fraction of sp³-hybridized carbons (Fsp3) is 0.619. The van der Waals surface area contributed by atoms with Crippen molar-refractivity contribution in [3.05, 3.63) is 30.1 Å². The predicted octanol–water partition coefficient (Wildman–Crippen LogP) is 3.11. The number of nitrogens with one attached hydrogen (secondary N) is 3. The van der Waals surface area contributed by atoms with Crippen LogP contribution in [0.5, 0.6) is 0 Å². The smallest absolute Gasteiger partial charge is 0.191 e. The van der Waals surface area contributed by atoms with Crippen LogP contribution in [0.4, 0.5) is 0 Å². The fourth-order valence-electron chi connectivity index (χ4n) is 3.25. The average Bonchev–Trinajstić information content (AvgIpc) is 3.36. The Labute approximate surface area is 190 Å². The standard InChI is InChI=1S/C21H33N5O2.HI/c1-2-22-21(24-12-6-13-27-15-17-10-14-28-16-17)23-11-5-9-20-25-18-7-3-4-8-19(18)26-20;/h3-4,7-8,17H,2,5-6,9-16H2,1H3,(H,25,26)(H2,22,23,24);1H. The largest absolute Gasteiger partial charge is 0.381 e. The molecule has 1 aliphatic heterocycles. The summed E-state index contributed by atoms with van der Waals surface area (Å²) in [5, 5.41) is 6.68. The quantitative estimate of drug-likeness (QED) is 0.186. The number of H-pyrrole nitrogens is 1. The number of aryl methyl sites for hydroxylation is 1. The highest BCUT2D eigenvalue weighted by Gasteiger charge is 2.15. The molecule has 3 N–H and O–H groups in total. The molecule has 7 nitrogen and oxygen atoms in total. The van der Waals surface area contributed by atoms with E-state index in [0.717, 1.165) is 94.6 Å². The maximum absolute atomic E-state index is 5.74. The molecule has 1 atom stereocenters. The van der Waals surface area contributed by atoms with E-state index >= 15 is 0 Å². The number of ether oxygens (including phenoxy) is 2. The lowest BCUT2D eigenvalue weighted by Crippen LogP contribution is -2.38. The maximum atomic E-state index is 5.74. The zero-order valence-electron chi connectivity index (χ0n) is 17.3. The third kappa shape index (κ3) is 8.47. The molecule has 0 aliphatic carbocycles. The Kier molecular flexibility index (Phi) is 11.3. The van der Waals surface area contributed by atoms with E-state index in [1.54, 1.807) is 0 Å². The Morgan fingerprint density at radius 1 is 1.31 bits per heavy atom. The average molecular weight is 515 g/mol. The third-order valence-corrected chi connectivity index (χ3v) is 4.76. The molecule has 0 radical (unpaired) electrons. The number of benzene rings is 1. The van der Waals surface area contributed by atoms with Gasteiger partial charge in [0.1, 0.15) is 5.82 Å². The number of aromatic nitrogens is 2. The summed E-state index contributed by atoms with van der Waals surface area (Å²) in [5.74, 6) is 2.48. The number of rotatable bonds is 11. The minimum atomic E-state index is 0. The third-order valence-electron chi connectivity index (χ3n) is 4.76. The predicted molar refractivity (Wildman–Crippen MR) is 128 cm³/mol. The zero-order chi connectivity index (χ0) is 19.4. The van der Waals surface area contributed by atoms with Crippen LogP contribution in [0.2, 0.25) is 0 Å². The molecule has 8 heteroatoms. The molecule has 1 fully saturated rings. The molecule has 0 saturated carbocycles. The lowest BCUT2D eigenvalue weighted by molar-refractivity contribution is 0.0888. The summed E-state index contributed by atoms with van der Waals surface area (Å²) in [7, 11) is 0. The highest BCUT2D eigenvalue weighted by molar-refractivity contribution is 14.0. The first kappa shape index (κ1) is 23.9. The molecular formula is C21H34IN5O2. The van der Waals surface area contributed by atoms with Crippen LogP contribution in [0.15, 0.2) is 29.3 Å². The second-order valence-corrected chi connectivity index (χ2v) is 7.15. The molecule has 29 heavy (non-hydrogen) atoms. The van der Waals surface area contributed by atoms with Crippen molar-refractivity contribution in [2.75, 3.05) is 46.1 Å². The minimum absolute atomic E-state index is 0. The number of hydrogen-bond acceptors (Lipinski definition) is 4. The van der Waals surface area contributed by atoms with Crippen LogP contribution >= 0.6 is 24.0 Å². The molecule has 1 saturated heterocycles. The summed E-state index contributed by atoms with van der Waals surface area (Å²) in [6.45, 7) is 7.88. The number of halogens is 1. The van der Waals surface area contributed by atoms with Gasteiger partial charge in [-0.3, -0.25) is 4.99 Å². The summed E-state index contributed by atoms with van der Waals surface area (Å²) >= 11 is 0. The zero-order valence-corrected chi connectivity index (χ0v) is 19.6. The highest BCUT2D eigenvalue weighted by Crippen LogP contribution is 2.12. The monoisotopic (exact) mass is 515 g/mol. The van der Waals surface area contributed by atoms with E-state index in [1.165, 1.54) is 0 Å². The summed E-state index contributed by atoms with van der Waals surface area (Å²) < 4.78 is 11.1. The van der Waals surface area contributed by atoms with Gasteiger partial charge in [-0.15, -0.1) is 24.0 Å². The molecule has 1 unspecified atom stereocenters. The number of guanidine groups is 1. The number of imidazole rings is 1. The van der Waals surface area contributed by atoms with Crippen LogP contribution in [0.3, 0.4) is 0 Å². The summed E-state index contributed by atoms with van der Waals surface area (Å²) in [6.07, 6.45) is 3.96. The number of para-hydroxylation sites is 2. The molecule has 0 amide bonds. The van der Waals surface area contributed by atoms with Gasteiger partial charge in [-0.05, 0) is 38.3 Å². The van der Waals surface area contributed by atoms with Crippen molar-refractivity contribution < 1.29 is 9.47 Å². The minimum Gasteiger partial charge on any atom is -0.381 e. The molecule has 1 aromatic heterocycles. The van der Waals surface area contributed by atoms with Crippen LogP contribution in [-0.4, -0.2) is 62.0 Å². The van der Waals surface area contributed by atoms with E-state index in [-0.39, 0.29) is 24.0 Å². The summed E-state index contributed by atoms with van der Waals surface area (Å²) in [4.78, 5) is 12.6. The van der Waals surface area contributed by atoms with E-state index in [0.29, 0.717) is 5.92 Å². The van der Waals surface area contributed by atoms with Gasteiger partial charge in [-0.25, -0.2) is 4.98 Å². The molecule has 1 aromatic carbocycles. The van der Waals surface area contributed by atoms with Crippen molar-refractivity contribution in [3.8, 4) is 0 Å². The van der Waals surface area contributed by atoms with Gasteiger partial charge < -0.3 is 25.1 Å². The fourth-order valence-corrected chi connectivity index (χ4v) is 3.25. The second kappa shape index (κ2) is 13.8. The molecule has 3 rings (SSSR count). The van der Waals surface area contributed by atoms with Gasteiger partial charge in [0.25, 0.3) is 0 Å². The molecule has 2 heterocycles. The number of aliphatic imine (C=N–C) groups is 1. The summed E-state index contributed by atoms with van der Waals surface area (Å²) in [6, 6.07) is 8.13. The first-order valence-electron chi connectivity index (χ1n) is 10.5. The molecule has 1 aliphatic rings. The van der Waals surface area contributed by atoms with E-state index in [4.69, 9.17) is 9.47 Å². The van der Waals surface area contributed by atoms with Crippen molar-refractivity contribution in [2.24, 2.45) is 10.9 Å². The lowest BCUT2D eigenvalue weighted by atomic mass is 10.1. The Morgan fingerprint density at radius 2 is 2.21 bits per heavy atom. The number of nitrogens with zero attached hydrogens (tertiary/aromatic N) is 2. The van der Waals surface area contributed by atoms with Gasteiger partial charge in [0.2, 0.25) is 0 Å². The van der Waals surface area contributed by atoms with Gasteiger partial charge in [-0.1, -0.05) is 12.1 Å². The van der Waals surface area contributed by atoms with Gasteiger partial charge in [0.05, 0.1) is 24.2 Å². The van der Waals surface area contributed by atoms with E-state index in [2.05, 4.69) is 38.6 Å². The SMILES string of the molecule is CCNC(=NCCCc1nc2ccccc2[nH]1)NCCCOCC1CCOC1.I. The maximum Gasteiger partial charge on any atom is 0.191 e. The normalized spacial score (nSPS) is 16.7. The van der Waals surface area contributed by atoms with Crippen molar-refractivity contribution in [3.63, 3.8) is 0 Å². The van der Waals surface area contributed by atoms with Gasteiger partial charge >= 0.3 is 0 Å². The van der Waals surface area contributed by atoms with Crippen molar-refractivity contribution in [2.45, 2.75) is 32.6 Å². The van der Waals surface area contributed by atoms with Crippen molar-refractivity contribution in [1.29, 1.82) is 0 Å². The molecule has 162 valence electrons. The highest BCUT2D eigenvalue weighted by atomic mass is 127. The van der Waals surface area contributed by atoms with Crippen LogP contribution < -0.4 is 10.6 Å². The van der Waals surface area contributed by atoms with Crippen LogP contribution in [-0.2, 0) is 15.9 Å². The van der Waals surface area contributed by atoms with E-state index in [1.807, 2.05) is 18.2 Å². The Hall–Kier alpha value is -1.39. The lowest BCUT2D eigenvalue weighted by Gasteiger charge is -2.12.